The Kier molecular flexibility index (Phi) is 5.27. The first-order chi connectivity index (χ1) is 16.1. The minimum Gasteiger partial charge on any atom is -0.435 e. The van der Waals surface area contributed by atoms with Crippen LogP contribution >= 0.6 is 0 Å². The maximum Gasteiger partial charge on any atom is 0.387 e. The second-order valence-corrected chi connectivity index (χ2v) is 8.63. The lowest BCUT2D eigenvalue weighted by atomic mass is 9.95. The van der Waals surface area contributed by atoms with E-state index in [9.17, 15) is 22.7 Å². The van der Waals surface area contributed by atoms with Gasteiger partial charge >= 0.3 is 6.61 Å². The minimum atomic E-state index is -3.01. The molecule has 10 heteroatoms. The van der Waals surface area contributed by atoms with E-state index in [-0.39, 0.29) is 29.2 Å². The molecular weight excluding hydrogens is 452 g/mol. The number of halogens is 4. The van der Waals surface area contributed by atoms with Crippen LogP contribution in [0.2, 0.25) is 0 Å². The molecule has 176 valence electrons. The first kappa shape index (κ1) is 22.3. The van der Waals surface area contributed by atoms with Gasteiger partial charge in [0.05, 0.1) is 17.5 Å². The molecule has 5 rings (SSSR count). The molecule has 0 spiro atoms. The zero-order valence-corrected chi connectivity index (χ0v) is 18.2. The van der Waals surface area contributed by atoms with E-state index in [2.05, 4.69) is 15.0 Å². The van der Waals surface area contributed by atoms with Gasteiger partial charge in [-0.2, -0.15) is 8.78 Å². The summed E-state index contributed by atoms with van der Waals surface area (Å²) in [5, 5.41) is 10.6. The van der Waals surface area contributed by atoms with E-state index >= 15 is 0 Å². The monoisotopic (exact) mass is 472 g/mol. The standard InChI is InChI=1S/C24H20F4N4O2/c1-24(2,28)22-29-9-12(10-30-22)15-11-32-19(8-16(15)25)31-20-17(33)7-14(21(20)32)13-5-3-4-6-18(13)34-23(26)27/h3-6,8-11,14,17,23,33H,7H2,1-2H3/t14-,17-/m1/s1. The summed E-state index contributed by atoms with van der Waals surface area (Å²) in [5.41, 5.74) is 0.342. The van der Waals surface area contributed by atoms with Crippen LogP contribution in [0.3, 0.4) is 0 Å². The van der Waals surface area contributed by atoms with Crippen LogP contribution in [-0.4, -0.2) is 31.1 Å². The van der Waals surface area contributed by atoms with E-state index < -0.39 is 30.1 Å². The van der Waals surface area contributed by atoms with Crippen molar-refractivity contribution in [1.29, 1.82) is 0 Å². The minimum absolute atomic E-state index is 0.00217. The quantitative estimate of drug-likeness (QED) is 0.399. The van der Waals surface area contributed by atoms with Gasteiger partial charge in [-0.1, -0.05) is 18.2 Å². The molecule has 4 aromatic rings. The molecule has 0 saturated carbocycles. The van der Waals surface area contributed by atoms with Gasteiger partial charge in [-0.15, -0.1) is 0 Å². The third kappa shape index (κ3) is 3.77. The summed E-state index contributed by atoms with van der Waals surface area (Å²) < 4.78 is 61.4. The average molecular weight is 472 g/mol. The van der Waals surface area contributed by atoms with Crippen LogP contribution in [0.5, 0.6) is 5.75 Å². The van der Waals surface area contributed by atoms with Gasteiger partial charge in [0, 0.05) is 47.3 Å². The van der Waals surface area contributed by atoms with Gasteiger partial charge in [-0.05, 0) is 26.3 Å². The number of benzene rings is 1. The number of rotatable bonds is 5. The number of alkyl halides is 3. The summed E-state index contributed by atoms with van der Waals surface area (Å²) in [6.45, 7) is -0.360. The number of aromatic nitrogens is 4. The molecular formula is C24H20F4N4O2. The third-order valence-corrected chi connectivity index (χ3v) is 5.88. The van der Waals surface area contributed by atoms with E-state index in [1.165, 1.54) is 44.6 Å². The molecule has 3 heterocycles. The summed E-state index contributed by atoms with van der Waals surface area (Å²) in [7, 11) is 0. The molecule has 34 heavy (non-hydrogen) atoms. The Labute approximate surface area is 191 Å². The lowest BCUT2D eigenvalue weighted by Crippen LogP contribution is -2.13. The summed E-state index contributed by atoms with van der Waals surface area (Å²) in [5.74, 6) is -1.14. The fourth-order valence-electron chi connectivity index (χ4n) is 4.37. The van der Waals surface area contributed by atoms with E-state index in [0.29, 0.717) is 22.5 Å². The topological polar surface area (TPSA) is 72.5 Å². The van der Waals surface area contributed by atoms with Crippen molar-refractivity contribution in [3.8, 4) is 16.9 Å². The predicted octanol–water partition coefficient (Wildman–Crippen LogP) is 5.31. The Morgan fingerprint density at radius 2 is 1.88 bits per heavy atom. The lowest BCUT2D eigenvalue weighted by molar-refractivity contribution is -0.0506. The molecule has 0 saturated heterocycles. The smallest absolute Gasteiger partial charge is 0.387 e. The van der Waals surface area contributed by atoms with E-state index in [0.717, 1.165) is 0 Å². The van der Waals surface area contributed by atoms with Crippen molar-refractivity contribution < 1.29 is 27.4 Å². The molecule has 1 N–H and O–H groups in total. The number of para-hydroxylation sites is 1. The normalized spacial score (nSPS) is 18.0. The Morgan fingerprint density at radius 1 is 1.18 bits per heavy atom. The number of aliphatic hydroxyl groups is 1. The molecule has 0 radical (unpaired) electrons. The number of aliphatic hydroxyl groups excluding tert-OH is 1. The molecule has 3 aromatic heterocycles. The van der Waals surface area contributed by atoms with Crippen molar-refractivity contribution in [3.05, 3.63) is 77.5 Å². The lowest BCUT2D eigenvalue weighted by Gasteiger charge is -2.17. The third-order valence-electron chi connectivity index (χ3n) is 5.88. The SMILES string of the molecule is CC(C)(F)c1ncc(-c2cn3c4c(nc3cc2F)[C@H](O)C[C@@H]4c2ccccc2OC(F)F)cn1. The highest BCUT2D eigenvalue weighted by Gasteiger charge is 2.37. The molecule has 0 unspecified atom stereocenters. The fraction of sp³-hybridized carbons (Fsp3) is 0.292. The van der Waals surface area contributed by atoms with Gasteiger partial charge in [0.1, 0.15) is 17.2 Å². The molecule has 2 atom stereocenters. The maximum atomic E-state index is 15.0. The fourth-order valence-corrected chi connectivity index (χ4v) is 4.37. The van der Waals surface area contributed by atoms with Crippen molar-refractivity contribution in [1.82, 2.24) is 19.4 Å². The van der Waals surface area contributed by atoms with Crippen molar-refractivity contribution in [2.24, 2.45) is 0 Å². The van der Waals surface area contributed by atoms with E-state index in [1.54, 1.807) is 22.6 Å². The molecule has 1 aliphatic rings. The Hall–Kier alpha value is -3.53. The summed E-state index contributed by atoms with van der Waals surface area (Å²) >= 11 is 0. The van der Waals surface area contributed by atoms with Crippen LogP contribution < -0.4 is 4.74 Å². The highest BCUT2D eigenvalue weighted by atomic mass is 19.3. The first-order valence-corrected chi connectivity index (χ1v) is 10.6. The molecule has 6 nitrogen and oxygen atoms in total. The number of hydrogen-bond acceptors (Lipinski definition) is 5. The van der Waals surface area contributed by atoms with Crippen LogP contribution in [0.4, 0.5) is 17.6 Å². The molecule has 1 aliphatic carbocycles. The van der Waals surface area contributed by atoms with Gasteiger partial charge < -0.3 is 14.2 Å². The zero-order chi connectivity index (χ0) is 24.2. The second-order valence-electron chi connectivity index (χ2n) is 8.63. The van der Waals surface area contributed by atoms with Crippen LogP contribution in [0.1, 0.15) is 55.1 Å². The van der Waals surface area contributed by atoms with Gasteiger partial charge in [-0.25, -0.2) is 23.7 Å². The predicted molar refractivity (Wildman–Crippen MR) is 115 cm³/mol. The van der Waals surface area contributed by atoms with E-state index in [4.69, 9.17) is 4.74 Å². The number of imidazole rings is 1. The van der Waals surface area contributed by atoms with Gasteiger partial charge in [0.15, 0.2) is 11.5 Å². The van der Waals surface area contributed by atoms with Crippen LogP contribution in [0.25, 0.3) is 16.8 Å². The van der Waals surface area contributed by atoms with Crippen LogP contribution in [0, 0.1) is 5.82 Å². The summed E-state index contributed by atoms with van der Waals surface area (Å²) in [6.07, 6.45) is 3.42. The zero-order valence-electron chi connectivity index (χ0n) is 18.2. The maximum absolute atomic E-state index is 15.0. The van der Waals surface area contributed by atoms with Crippen LogP contribution in [-0.2, 0) is 5.67 Å². The number of pyridine rings is 1. The van der Waals surface area contributed by atoms with Crippen LogP contribution in [0.15, 0.2) is 48.9 Å². The summed E-state index contributed by atoms with van der Waals surface area (Å²) in [6, 6.07) is 7.58. The number of fused-ring (bicyclic) bond motifs is 3. The second kappa shape index (κ2) is 8.05. The largest absolute Gasteiger partial charge is 0.435 e. The summed E-state index contributed by atoms with van der Waals surface area (Å²) in [4.78, 5) is 12.4. The number of ether oxygens (including phenoxy) is 1. The van der Waals surface area contributed by atoms with Crippen molar-refractivity contribution >= 4 is 5.65 Å². The molecule has 0 amide bonds. The van der Waals surface area contributed by atoms with Gasteiger partial charge in [0.2, 0.25) is 0 Å². The molecule has 0 bridgehead atoms. The Bertz CT molecular complexity index is 1370. The molecule has 0 aliphatic heterocycles. The number of nitrogens with zero attached hydrogens (tertiary/aromatic N) is 4. The molecule has 1 aromatic carbocycles. The Balaban J connectivity index is 1.64. The average Bonchev–Trinajstić information content (AvgIpc) is 3.29. The Morgan fingerprint density at radius 3 is 2.56 bits per heavy atom. The van der Waals surface area contributed by atoms with Gasteiger partial charge in [0.25, 0.3) is 0 Å². The highest BCUT2D eigenvalue weighted by Crippen LogP contribution is 2.47. The van der Waals surface area contributed by atoms with Crippen molar-refractivity contribution in [2.45, 2.75) is 44.6 Å². The van der Waals surface area contributed by atoms with Gasteiger partial charge in [-0.3, -0.25) is 0 Å². The highest BCUT2D eigenvalue weighted by molar-refractivity contribution is 5.65. The van der Waals surface area contributed by atoms with Crippen molar-refractivity contribution in [3.63, 3.8) is 0 Å². The van der Waals surface area contributed by atoms with E-state index in [1.807, 2.05) is 0 Å². The van der Waals surface area contributed by atoms with Crippen molar-refractivity contribution in [2.75, 3.05) is 0 Å². The molecule has 0 fully saturated rings. The first-order valence-electron chi connectivity index (χ1n) is 10.6. The number of hydrogen-bond donors (Lipinski definition) is 1.